The largest absolute Gasteiger partial charge is 0.341 e. The zero-order chi connectivity index (χ0) is 26.2. The van der Waals surface area contributed by atoms with Crippen LogP contribution in [0.5, 0.6) is 0 Å². The fourth-order valence-electron chi connectivity index (χ4n) is 5.73. The Morgan fingerprint density at radius 2 is 0.816 bits per heavy atom. The minimum atomic E-state index is -1.88. The highest BCUT2D eigenvalue weighted by molar-refractivity contribution is 7.41. The van der Waals surface area contributed by atoms with E-state index in [0.717, 1.165) is 22.3 Å². The Bertz CT molecular complexity index is 1170. The predicted octanol–water partition coefficient (Wildman–Crippen LogP) is 7.31. The fraction of sp³-hybridized carbons (Fsp3) is 0.250. The van der Waals surface area contributed by atoms with Crippen molar-refractivity contribution >= 4 is 8.60 Å². The molecule has 0 unspecified atom stereocenters. The van der Waals surface area contributed by atoms with Crippen LogP contribution in [0.2, 0.25) is 0 Å². The van der Waals surface area contributed by atoms with Crippen molar-refractivity contribution in [1.82, 2.24) is 0 Å². The van der Waals surface area contributed by atoms with Gasteiger partial charge in [0.1, 0.15) is 12.2 Å². The minimum absolute atomic E-state index is 0.592. The average Bonchev–Trinajstić information content (AvgIpc) is 3.25. The van der Waals surface area contributed by atoms with E-state index in [9.17, 15) is 0 Å². The molecule has 2 aliphatic rings. The van der Waals surface area contributed by atoms with E-state index in [1.54, 1.807) is 7.11 Å². The van der Waals surface area contributed by atoms with Gasteiger partial charge in [-0.2, -0.15) is 0 Å². The van der Waals surface area contributed by atoms with Crippen LogP contribution >= 0.6 is 8.60 Å². The molecule has 0 amide bonds. The van der Waals surface area contributed by atoms with E-state index in [1.807, 2.05) is 86.6 Å². The highest BCUT2D eigenvalue weighted by Crippen LogP contribution is 2.64. The number of hydrogen-bond donors (Lipinski definition) is 0. The second-order valence-electron chi connectivity index (χ2n) is 10.0. The van der Waals surface area contributed by atoms with Crippen LogP contribution in [-0.4, -0.2) is 25.1 Å². The second-order valence-corrected chi connectivity index (χ2v) is 11.2. The van der Waals surface area contributed by atoms with Crippen LogP contribution in [0.4, 0.5) is 0 Å². The molecule has 0 spiro atoms. The van der Waals surface area contributed by atoms with Crippen LogP contribution < -0.4 is 0 Å². The number of rotatable bonds is 5. The van der Waals surface area contributed by atoms with E-state index >= 15 is 0 Å². The summed E-state index contributed by atoms with van der Waals surface area (Å²) in [6, 6.07) is 40.7. The fourth-order valence-corrected chi connectivity index (χ4v) is 7.02. The summed E-state index contributed by atoms with van der Waals surface area (Å²) in [5, 5.41) is 0. The van der Waals surface area contributed by atoms with Crippen LogP contribution in [0.15, 0.2) is 121 Å². The first-order valence-corrected chi connectivity index (χ1v) is 13.9. The molecule has 6 rings (SSSR count). The zero-order valence-corrected chi connectivity index (χ0v) is 22.6. The Morgan fingerprint density at radius 1 is 0.526 bits per heavy atom. The molecule has 0 saturated carbocycles. The zero-order valence-electron chi connectivity index (χ0n) is 21.7. The first-order valence-electron chi connectivity index (χ1n) is 12.8. The van der Waals surface area contributed by atoms with E-state index in [-0.39, 0.29) is 0 Å². The van der Waals surface area contributed by atoms with Gasteiger partial charge in [-0.15, -0.1) is 0 Å². The van der Waals surface area contributed by atoms with Gasteiger partial charge in [0.2, 0.25) is 0 Å². The Morgan fingerprint density at radius 3 is 1.08 bits per heavy atom. The lowest BCUT2D eigenvalue weighted by Gasteiger charge is -2.41. The van der Waals surface area contributed by atoms with Crippen molar-refractivity contribution in [3.63, 3.8) is 0 Å². The van der Waals surface area contributed by atoms with Gasteiger partial charge in [0.15, 0.2) is 17.0 Å². The van der Waals surface area contributed by atoms with Gasteiger partial charge in [0, 0.05) is 7.11 Å². The number of ether oxygens (including phenoxy) is 2. The molecule has 0 aromatic heterocycles. The predicted molar refractivity (Wildman–Crippen MR) is 147 cm³/mol. The molecule has 5 nitrogen and oxygen atoms in total. The van der Waals surface area contributed by atoms with Crippen LogP contribution in [0, 0.1) is 0 Å². The molecule has 4 aromatic carbocycles. The first-order chi connectivity index (χ1) is 18.5. The van der Waals surface area contributed by atoms with Gasteiger partial charge in [-0.25, -0.2) is 0 Å². The molecule has 2 atom stereocenters. The second kappa shape index (κ2) is 10.0. The molecule has 6 heteroatoms. The van der Waals surface area contributed by atoms with E-state index < -0.39 is 37.8 Å². The molecule has 2 heterocycles. The minimum Gasteiger partial charge on any atom is -0.341 e. The summed E-state index contributed by atoms with van der Waals surface area (Å²) in [6.45, 7) is 3.89. The summed E-state index contributed by atoms with van der Waals surface area (Å²) in [5.41, 5.74) is 1.60. The van der Waals surface area contributed by atoms with Gasteiger partial charge in [-0.3, -0.25) is 9.05 Å². The maximum Gasteiger partial charge on any atom is 0.335 e. The molecule has 2 fully saturated rings. The monoisotopic (exact) mass is 526 g/mol. The Labute approximate surface area is 225 Å². The smallest absolute Gasteiger partial charge is 0.335 e. The van der Waals surface area contributed by atoms with Crippen LogP contribution in [0.1, 0.15) is 36.1 Å². The van der Waals surface area contributed by atoms with Gasteiger partial charge < -0.3 is 14.0 Å². The van der Waals surface area contributed by atoms with Crippen LogP contribution in [-0.2, 0) is 34.2 Å². The third kappa shape index (κ3) is 4.11. The van der Waals surface area contributed by atoms with Crippen molar-refractivity contribution in [2.45, 2.75) is 43.0 Å². The quantitative estimate of drug-likeness (QED) is 0.255. The van der Waals surface area contributed by atoms with Crippen molar-refractivity contribution in [3.8, 4) is 0 Å². The standard InChI is InChI=1S/C32H31O5P/c1-30(2)34-28-29(35-30)32(26-20-12-6-13-21-26,27-22-14-7-15-23-27)37-38(33-3)36-31(28,24-16-8-4-9-17-24)25-18-10-5-11-19-25/h4-23,28-29H,1-3H3/t28-,29-/m1/s1. The Kier molecular flexibility index (Phi) is 6.69. The van der Waals surface area contributed by atoms with E-state index in [2.05, 4.69) is 48.5 Å². The summed E-state index contributed by atoms with van der Waals surface area (Å²) in [5.74, 6) is -0.904. The topological polar surface area (TPSA) is 46.2 Å². The Hall–Kier alpha value is -2.89. The molecule has 38 heavy (non-hydrogen) atoms. The third-order valence-electron chi connectivity index (χ3n) is 7.29. The van der Waals surface area contributed by atoms with Crippen molar-refractivity contribution in [3.05, 3.63) is 144 Å². The van der Waals surface area contributed by atoms with E-state index in [1.165, 1.54) is 0 Å². The highest BCUT2D eigenvalue weighted by Gasteiger charge is 2.67. The van der Waals surface area contributed by atoms with E-state index in [4.69, 9.17) is 23.0 Å². The number of fused-ring (bicyclic) bond motifs is 1. The van der Waals surface area contributed by atoms with Gasteiger partial charge >= 0.3 is 8.60 Å². The summed E-state index contributed by atoms with van der Waals surface area (Å²) >= 11 is 0. The lowest BCUT2D eigenvalue weighted by atomic mass is 9.72. The average molecular weight is 527 g/mol. The van der Waals surface area contributed by atoms with Gasteiger partial charge in [-0.1, -0.05) is 121 Å². The Balaban J connectivity index is 1.69. The van der Waals surface area contributed by atoms with Crippen LogP contribution in [0.25, 0.3) is 0 Å². The van der Waals surface area contributed by atoms with Crippen molar-refractivity contribution in [2.75, 3.05) is 7.11 Å². The normalized spacial score (nSPS) is 23.9. The maximum atomic E-state index is 7.04. The van der Waals surface area contributed by atoms with E-state index in [0.29, 0.717) is 0 Å². The molecule has 194 valence electrons. The van der Waals surface area contributed by atoms with Crippen molar-refractivity contribution in [1.29, 1.82) is 0 Å². The molecule has 2 saturated heterocycles. The van der Waals surface area contributed by atoms with Gasteiger partial charge in [0.25, 0.3) is 0 Å². The number of benzene rings is 4. The molecule has 0 radical (unpaired) electrons. The third-order valence-corrected chi connectivity index (χ3v) is 8.47. The molecular weight excluding hydrogens is 495 g/mol. The molecule has 0 aliphatic carbocycles. The lowest BCUT2D eigenvalue weighted by molar-refractivity contribution is -0.176. The maximum absolute atomic E-state index is 7.04. The first kappa shape index (κ1) is 25.4. The van der Waals surface area contributed by atoms with Crippen LogP contribution in [0.3, 0.4) is 0 Å². The molecule has 0 bridgehead atoms. The van der Waals surface area contributed by atoms with Gasteiger partial charge in [-0.05, 0) is 36.1 Å². The molecular formula is C32H31O5P. The van der Waals surface area contributed by atoms with Crippen molar-refractivity contribution < 1.29 is 23.0 Å². The van der Waals surface area contributed by atoms with Gasteiger partial charge in [0.05, 0.1) is 0 Å². The summed E-state index contributed by atoms with van der Waals surface area (Å²) in [4.78, 5) is 0. The summed E-state index contributed by atoms with van der Waals surface area (Å²) < 4.78 is 33.8. The lowest BCUT2D eigenvalue weighted by Crippen LogP contribution is -2.53. The SMILES string of the molecule is COP1OC(c2ccccc2)(c2ccccc2)[C@@H]2OC(C)(C)O[C@H]2C(c2ccccc2)(c2ccccc2)O1. The molecule has 2 aliphatic heterocycles. The molecule has 0 N–H and O–H groups in total. The summed E-state index contributed by atoms with van der Waals surface area (Å²) in [6.07, 6.45) is -1.18. The number of hydrogen-bond acceptors (Lipinski definition) is 5. The molecule has 4 aromatic rings. The highest BCUT2D eigenvalue weighted by atomic mass is 31.2. The summed E-state index contributed by atoms with van der Waals surface area (Å²) in [7, 11) is -0.257. The van der Waals surface area contributed by atoms with Crippen molar-refractivity contribution in [2.24, 2.45) is 0 Å².